The topological polar surface area (TPSA) is 12.5 Å². The second-order valence-electron chi connectivity index (χ2n) is 4.57. The van der Waals surface area contributed by atoms with Crippen LogP contribution in [0.4, 0.5) is 0 Å². The van der Waals surface area contributed by atoms with Crippen molar-refractivity contribution in [1.82, 2.24) is 4.90 Å². The molecule has 2 aliphatic heterocycles. The molecule has 0 aliphatic carbocycles. The highest BCUT2D eigenvalue weighted by Crippen LogP contribution is 2.26. The third-order valence-corrected chi connectivity index (χ3v) is 2.74. The molecule has 0 aromatic heterocycles. The van der Waals surface area contributed by atoms with Crippen molar-refractivity contribution < 1.29 is 4.74 Å². The van der Waals surface area contributed by atoms with Gasteiger partial charge in [0.2, 0.25) is 0 Å². The smallest absolute Gasteiger partial charge is 0.0707 e. The fraction of sp³-hybridized carbons (Fsp3) is 1.00. The zero-order valence-electron chi connectivity index (χ0n) is 8.12. The van der Waals surface area contributed by atoms with Crippen LogP contribution in [-0.2, 0) is 4.74 Å². The summed E-state index contributed by atoms with van der Waals surface area (Å²) in [5, 5.41) is 0. The minimum Gasteiger partial charge on any atom is -0.372 e. The number of ether oxygens (including phenoxy) is 1. The Hall–Kier alpha value is -0.0800. The van der Waals surface area contributed by atoms with Crippen molar-refractivity contribution >= 4 is 0 Å². The maximum absolute atomic E-state index is 5.77. The Labute approximate surface area is 74.9 Å². The molecular formula is C10H19NO. The van der Waals surface area contributed by atoms with Crippen molar-refractivity contribution in [2.45, 2.75) is 38.9 Å². The highest BCUT2D eigenvalue weighted by Gasteiger charge is 2.33. The van der Waals surface area contributed by atoms with Crippen LogP contribution < -0.4 is 0 Å². The molecule has 2 atom stereocenters. The average molecular weight is 169 g/mol. The predicted molar refractivity (Wildman–Crippen MR) is 49.2 cm³/mol. The summed E-state index contributed by atoms with van der Waals surface area (Å²) in [5.41, 5.74) is 0. The van der Waals surface area contributed by atoms with E-state index in [1.54, 1.807) is 0 Å². The fourth-order valence-electron chi connectivity index (χ4n) is 2.36. The van der Waals surface area contributed by atoms with Crippen molar-refractivity contribution in [3.8, 4) is 0 Å². The molecule has 2 heteroatoms. The second-order valence-corrected chi connectivity index (χ2v) is 4.57. The van der Waals surface area contributed by atoms with Crippen molar-refractivity contribution in [2.75, 3.05) is 19.6 Å². The van der Waals surface area contributed by atoms with Crippen molar-refractivity contribution in [3.63, 3.8) is 0 Å². The molecule has 0 aromatic carbocycles. The zero-order chi connectivity index (χ0) is 8.55. The van der Waals surface area contributed by atoms with Gasteiger partial charge in [0.15, 0.2) is 0 Å². The van der Waals surface area contributed by atoms with E-state index in [4.69, 9.17) is 4.74 Å². The van der Waals surface area contributed by atoms with Gasteiger partial charge in [0.25, 0.3) is 0 Å². The minimum absolute atomic E-state index is 0.558. The van der Waals surface area contributed by atoms with Crippen LogP contribution in [0.1, 0.15) is 26.7 Å². The monoisotopic (exact) mass is 169 g/mol. The van der Waals surface area contributed by atoms with Gasteiger partial charge < -0.3 is 4.74 Å². The van der Waals surface area contributed by atoms with Crippen molar-refractivity contribution in [2.24, 2.45) is 5.92 Å². The van der Waals surface area contributed by atoms with Gasteiger partial charge in [-0.05, 0) is 18.8 Å². The number of nitrogens with zero attached hydrogens (tertiary/aromatic N) is 1. The van der Waals surface area contributed by atoms with E-state index in [0.717, 1.165) is 5.92 Å². The first-order valence-electron chi connectivity index (χ1n) is 5.12. The van der Waals surface area contributed by atoms with Gasteiger partial charge in [0.1, 0.15) is 0 Å². The van der Waals surface area contributed by atoms with E-state index in [2.05, 4.69) is 18.7 Å². The molecule has 0 saturated carbocycles. The van der Waals surface area contributed by atoms with Gasteiger partial charge in [-0.2, -0.15) is 0 Å². The van der Waals surface area contributed by atoms with E-state index >= 15 is 0 Å². The maximum atomic E-state index is 5.77. The van der Waals surface area contributed by atoms with Gasteiger partial charge in [0.05, 0.1) is 12.2 Å². The van der Waals surface area contributed by atoms with Gasteiger partial charge in [0, 0.05) is 19.6 Å². The summed E-state index contributed by atoms with van der Waals surface area (Å²) in [6, 6.07) is 0. The first kappa shape index (κ1) is 8.52. The summed E-state index contributed by atoms with van der Waals surface area (Å²) >= 11 is 0. The quantitative estimate of drug-likeness (QED) is 0.621. The molecule has 2 aliphatic rings. The Bertz CT molecular complexity index is 146. The number of rotatable bonds is 2. The third-order valence-electron chi connectivity index (χ3n) is 2.74. The van der Waals surface area contributed by atoms with Crippen LogP contribution in [-0.4, -0.2) is 36.7 Å². The highest BCUT2D eigenvalue weighted by atomic mass is 16.5. The van der Waals surface area contributed by atoms with E-state index < -0.39 is 0 Å². The normalized spacial score (nSPS) is 36.2. The SMILES string of the molecule is CC(C)CN1C[C@H]2CC[C@@H](C1)O2. The Kier molecular flexibility index (Phi) is 2.37. The molecule has 0 radical (unpaired) electrons. The van der Waals surface area contributed by atoms with Crippen LogP contribution in [0.3, 0.4) is 0 Å². The highest BCUT2D eigenvalue weighted by molar-refractivity contribution is 4.84. The molecule has 0 spiro atoms. The predicted octanol–water partition coefficient (Wildman–Crippen LogP) is 1.51. The van der Waals surface area contributed by atoms with E-state index in [0.29, 0.717) is 12.2 Å². The molecule has 0 unspecified atom stereocenters. The lowest BCUT2D eigenvalue weighted by atomic mass is 10.2. The molecule has 2 rings (SSSR count). The molecule has 12 heavy (non-hydrogen) atoms. The number of likely N-dealkylation sites (tertiary alicyclic amines) is 1. The van der Waals surface area contributed by atoms with Gasteiger partial charge in [-0.1, -0.05) is 13.8 Å². The summed E-state index contributed by atoms with van der Waals surface area (Å²) in [6.45, 7) is 8.18. The second kappa shape index (κ2) is 3.35. The number of morpholine rings is 1. The molecule has 0 aromatic rings. The Morgan fingerprint density at radius 3 is 2.33 bits per heavy atom. The number of hydrogen-bond donors (Lipinski definition) is 0. The van der Waals surface area contributed by atoms with Gasteiger partial charge in [-0.15, -0.1) is 0 Å². The van der Waals surface area contributed by atoms with Crippen LogP contribution in [0.2, 0.25) is 0 Å². The zero-order valence-corrected chi connectivity index (χ0v) is 8.12. The van der Waals surface area contributed by atoms with Crippen molar-refractivity contribution in [1.29, 1.82) is 0 Å². The first-order chi connectivity index (χ1) is 5.74. The van der Waals surface area contributed by atoms with E-state index in [1.807, 2.05) is 0 Å². The Morgan fingerprint density at radius 2 is 1.83 bits per heavy atom. The fourth-order valence-corrected chi connectivity index (χ4v) is 2.36. The number of hydrogen-bond acceptors (Lipinski definition) is 2. The van der Waals surface area contributed by atoms with Gasteiger partial charge >= 0.3 is 0 Å². The molecule has 70 valence electrons. The summed E-state index contributed by atoms with van der Waals surface area (Å²) in [4.78, 5) is 2.57. The van der Waals surface area contributed by atoms with Crippen LogP contribution in [0.25, 0.3) is 0 Å². The molecule has 2 fully saturated rings. The van der Waals surface area contributed by atoms with Gasteiger partial charge in [-0.3, -0.25) is 4.90 Å². The Balaban J connectivity index is 1.85. The third kappa shape index (κ3) is 1.80. The summed E-state index contributed by atoms with van der Waals surface area (Å²) < 4.78 is 5.77. The molecule has 2 saturated heterocycles. The lowest BCUT2D eigenvalue weighted by Gasteiger charge is -2.33. The largest absolute Gasteiger partial charge is 0.372 e. The standard InChI is InChI=1S/C10H19NO/c1-8(2)5-11-6-9-3-4-10(7-11)12-9/h8-10H,3-7H2,1-2H3/t9-,10+. The van der Waals surface area contributed by atoms with Crippen LogP contribution >= 0.6 is 0 Å². The van der Waals surface area contributed by atoms with Crippen LogP contribution in [0.5, 0.6) is 0 Å². The molecule has 2 heterocycles. The summed E-state index contributed by atoms with van der Waals surface area (Å²) in [7, 11) is 0. The first-order valence-corrected chi connectivity index (χ1v) is 5.12. The van der Waals surface area contributed by atoms with E-state index in [1.165, 1.54) is 32.5 Å². The van der Waals surface area contributed by atoms with Gasteiger partial charge in [-0.25, -0.2) is 0 Å². The molecule has 2 nitrogen and oxygen atoms in total. The maximum Gasteiger partial charge on any atom is 0.0707 e. The average Bonchev–Trinajstić information content (AvgIpc) is 2.29. The van der Waals surface area contributed by atoms with Crippen LogP contribution in [0.15, 0.2) is 0 Å². The molecule has 0 amide bonds. The summed E-state index contributed by atoms with van der Waals surface area (Å²) in [6.07, 6.45) is 3.70. The molecule has 0 N–H and O–H groups in total. The van der Waals surface area contributed by atoms with E-state index in [9.17, 15) is 0 Å². The lowest BCUT2D eigenvalue weighted by molar-refractivity contribution is -0.0412. The summed E-state index contributed by atoms with van der Waals surface area (Å²) in [5.74, 6) is 0.794. The molecule has 2 bridgehead atoms. The van der Waals surface area contributed by atoms with E-state index in [-0.39, 0.29) is 0 Å². The van der Waals surface area contributed by atoms with Crippen molar-refractivity contribution in [3.05, 3.63) is 0 Å². The Morgan fingerprint density at radius 1 is 1.25 bits per heavy atom. The number of fused-ring (bicyclic) bond motifs is 2. The molecular weight excluding hydrogens is 150 g/mol. The lowest BCUT2D eigenvalue weighted by Crippen LogP contribution is -2.43. The minimum atomic E-state index is 0.558. The van der Waals surface area contributed by atoms with Crippen LogP contribution in [0, 0.1) is 5.92 Å².